The number of nitrogens with one attached hydrogen (secondary N) is 1. The fourth-order valence-electron chi connectivity index (χ4n) is 1.63. The second-order valence-corrected chi connectivity index (χ2v) is 5.56. The van der Waals surface area contributed by atoms with Crippen molar-refractivity contribution in [1.82, 2.24) is 9.97 Å². The highest BCUT2D eigenvalue weighted by Gasteiger charge is 2.28. The Bertz CT molecular complexity index is 390. The lowest BCUT2D eigenvalue weighted by molar-refractivity contribution is 0.856. The number of anilines is 1. The molecule has 0 aromatic carbocycles. The summed E-state index contributed by atoms with van der Waals surface area (Å²) in [5.74, 6) is 8.93. The average molecular weight is 252 g/mol. The number of hydrazine groups is 1. The molecule has 0 amide bonds. The van der Waals surface area contributed by atoms with Crippen LogP contribution in [0.5, 0.6) is 0 Å². The molecule has 1 aliphatic rings. The van der Waals surface area contributed by atoms with Crippen LogP contribution in [0.1, 0.15) is 49.9 Å². The van der Waals surface area contributed by atoms with Crippen molar-refractivity contribution in [3.05, 3.63) is 11.4 Å². The zero-order valence-corrected chi connectivity index (χ0v) is 11.3. The summed E-state index contributed by atoms with van der Waals surface area (Å²) < 4.78 is 0. The lowest BCUT2D eigenvalue weighted by Gasteiger charge is -2.11. The van der Waals surface area contributed by atoms with Crippen LogP contribution in [0.15, 0.2) is 5.03 Å². The number of thioether (sulfide) groups is 1. The Hall–Kier alpha value is -0.810. The van der Waals surface area contributed by atoms with Crippen molar-refractivity contribution in [1.29, 1.82) is 0 Å². The number of unbranched alkanes of at least 4 members (excludes halogenated alkanes) is 1. The predicted octanol–water partition coefficient (Wildman–Crippen LogP) is 2.84. The van der Waals surface area contributed by atoms with E-state index in [9.17, 15) is 0 Å². The third-order valence-electron chi connectivity index (χ3n) is 2.93. The van der Waals surface area contributed by atoms with E-state index in [1.807, 2.05) is 18.7 Å². The third-order valence-corrected chi connectivity index (χ3v) is 4.10. The first-order chi connectivity index (χ1) is 8.26. The fourth-order valence-corrected chi connectivity index (χ4v) is 2.73. The molecule has 0 spiro atoms. The molecule has 0 atom stereocenters. The van der Waals surface area contributed by atoms with Crippen molar-refractivity contribution in [3.8, 4) is 0 Å². The Morgan fingerprint density at radius 3 is 2.76 bits per heavy atom. The molecule has 4 nitrogen and oxygen atoms in total. The summed E-state index contributed by atoms with van der Waals surface area (Å²) in [6.07, 6.45) is 4.87. The Kier molecular flexibility index (Phi) is 4.23. The monoisotopic (exact) mass is 252 g/mol. The van der Waals surface area contributed by atoms with Gasteiger partial charge in [-0.2, -0.15) is 0 Å². The van der Waals surface area contributed by atoms with Crippen molar-refractivity contribution in [3.63, 3.8) is 0 Å². The van der Waals surface area contributed by atoms with Gasteiger partial charge in [-0.3, -0.25) is 0 Å². The number of nitrogen functional groups attached to an aromatic ring is 1. The minimum atomic E-state index is 0.563. The molecular formula is C12H20N4S. The second kappa shape index (κ2) is 5.69. The van der Waals surface area contributed by atoms with Crippen LogP contribution < -0.4 is 11.3 Å². The maximum Gasteiger partial charge on any atom is 0.147 e. The van der Waals surface area contributed by atoms with Crippen LogP contribution in [0.4, 0.5) is 5.82 Å². The molecule has 94 valence electrons. The summed E-state index contributed by atoms with van der Waals surface area (Å²) in [6, 6.07) is 0. The van der Waals surface area contributed by atoms with E-state index in [1.165, 1.54) is 25.7 Å². The highest BCUT2D eigenvalue weighted by atomic mass is 32.2. The van der Waals surface area contributed by atoms with E-state index in [-0.39, 0.29) is 0 Å². The number of nitrogens with zero attached hydrogens (tertiary/aromatic N) is 2. The van der Waals surface area contributed by atoms with Gasteiger partial charge in [0, 0.05) is 11.5 Å². The first-order valence-electron chi connectivity index (χ1n) is 6.24. The second-order valence-electron chi connectivity index (χ2n) is 4.48. The number of hydrogen-bond donors (Lipinski definition) is 2. The molecule has 5 heteroatoms. The molecule has 1 aromatic heterocycles. The number of rotatable bonds is 6. The normalized spacial score (nSPS) is 15.0. The summed E-state index contributed by atoms with van der Waals surface area (Å²) in [4.78, 5) is 9.15. The van der Waals surface area contributed by atoms with Crippen molar-refractivity contribution >= 4 is 17.6 Å². The van der Waals surface area contributed by atoms with Crippen molar-refractivity contribution < 1.29 is 0 Å². The van der Waals surface area contributed by atoms with Crippen LogP contribution in [-0.2, 0) is 0 Å². The smallest absolute Gasteiger partial charge is 0.147 e. The average Bonchev–Trinajstić information content (AvgIpc) is 3.15. The van der Waals surface area contributed by atoms with Gasteiger partial charge in [0.1, 0.15) is 16.7 Å². The topological polar surface area (TPSA) is 63.8 Å². The van der Waals surface area contributed by atoms with E-state index in [2.05, 4.69) is 22.3 Å². The molecule has 3 N–H and O–H groups in total. The molecule has 1 heterocycles. The van der Waals surface area contributed by atoms with Crippen LogP contribution in [-0.4, -0.2) is 15.7 Å². The zero-order valence-electron chi connectivity index (χ0n) is 10.5. The minimum absolute atomic E-state index is 0.563. The number of aromatic nitrogens is 2. The van der Waals surface area contributed by atoms with E-state index >= 15 is 0 Å². The standard InChI is InChI=1S/C12H20N4S/c1-3-4-7-17-12-8(2)10(16-13)14-11(15-12)9-5-6-9/h9H,3-7,13H2,1-2H3,(H,14,15,16). The van der Waals surface area contributed by atoms with E-state index in [0.717, 1.165) is 28.0 Å². The summed E-state index contributed by atoms with van der Waals surface area (Å²) in [6.45, 7) is 4.23. The SMILES string of the molecule is CCCCSc1nc(C2CC2)nc(NN)c1C. The third kappa shape index (κ3) is 3.10. The summed E-state index contributed by atoms with van der Waals surface area (Å²) in [5, 5.41) is 1.09. The van der Waals surface area contributed by atoms with Gasteiger partial charge in [-0.15, -0.1) is 11.8 Å². The Balaban J connectivity index is 2.18. The quantitative estimate of drug-likeness (QED) is 0.268. The lowest BCUT2D eigenvalue weighted by atomic mass is 10.3. The number of nitrogens with two attached hydrogens (primary N) is 1. The minimum Gasteiger partial charge on any atom is -0.308 e. The Morgan fingerprint density at radius 2 is 2.18 bits per heavy atom. The zero-order chi connectivity index (χ0) is 12.3. The van der Waals surface area contributed by atoms with E-state index in [0.29, 0.717) is 5.92 Å². The van der Waals surface area contributed by atoms with Crippen LogP contribution >= 0.6 is 11.8 Å². The fraction of sp³-hybridized carbons (Fsp3) is 0.667. The van der Waals surface area contributed by atoms with Gasteiger partial charge < -0.3 is 5.43 Å². The van der Waals surface area contributed by atoms with Gasteiger partial charge in [-0.1, -0.05) is 13.3 Å². The van der Waals surface area contributed by atoms with Gasteiger partial charge >= 0.3 is 0 Å². The molecule has 0 bridgehead atoms. The maximum atomic E-state index is 5.51. The molecule has 1 aromatic rings. The molecule has 0 saturated heterocycles. The van der Waals surface area contributed by atoms with Gasteiger partial charge in [0.15, 0.2) is 0 Å². The van der Waals surface area contributed by atoms with Crippen molar-refractivity contribution in [2.75, 3.05) is 11.2 Å². The molecule has 1 saturated carbocycles. The largest absolute Gasteiger partial charge is 0.308 e. The first-order valence-corrected chi connectivity index (χ1v) is 7.22. The molecule has 2 rings (SSSR count). The Labute approximate surface area is 107 Å². The van der Waals surface area contributed by atoms with E-state index < -0.39 is 0 Å². The van der Waals surface area contributed by atoms with E-state index in [1.54, 1.807) is 0 Å². The molecule has 1 aliphatic carbocycles. The van der Waals surface area contributed by atoms with Crippen LogP contribution in [0.3, 0.4) is 0 Å². The Morgan fingerprint density at radius 1 is 1.41 bits per heavy atom. The van der Waals surface area contributed by atoms with Gasteiger partial charge in [0.05, 0.1) is 0 Å². The predicted molar refractivity (Wildman–Crippen MR) is 72.2 cm³/mol. The molecular weight excluding hydrogens is 232 g/mol. The highest BCUT2D eigenvalue weighted by Crippen LogP contribution is 2.39. The molecule has 0 unspecified atom stereocenters. The van der Waals surface area contributed by atoms with Crippen LogP contribution in [0.2, 0.25) is 0 Å². The van der Waals surface area contributed by atoms with Gasteiger partial charge in [0.2, 0.25) is 0 Å². The summed E-state index contributed by atoms with van der Waals surface area (Å²) in [5.41, 5.74) is 3.75. The van der Waals surface area contributed by atoms with Crippen molar-refractivity contribution in [2.24, 2.45) is 5.84 Å². The van der Waals surface area contributed by atoms with E-state index in [4.69, 9.17) is 5.84 Å². The molecule has 17 heavy (non-hydrogen) atoms. The van der Waals surface area contributed by atoms with Gasteiger partial charge in [-0.05, 0) is 31.9 Å². The molecule has 0 aliphatic heterocycles. The van der Waals surface area contributed by atoms with Gasteiger partial charge in [-0.25, -0.2) is 15.8 Å². The molecule has 0 radical (unpaired) electrons. The lowest BCUT2D eigenvalue weighted by Crippen LogP contribution is -2.13. The summed E-state index contributed by atoms with van der Waals surface area (Å²) in [7, 11) is 0. The van der Waals surface area contributed by atoms with Crippen LogP contribution in [0, 0.1) is 6.92 Å². The molecule has 1 fully saturated rings. The van der Waals surface area contributed by atoms with Crippen molar-refractivity contribution in [2.45, 2.75) is 50.5 Å². The highest BCUT2D eigenvalue weighted by molar-refractivity contribution is 7.99. The first kappa shape index (κ1) is 12.6. The van der Waals surface area contributed by atoms with Gasteiger partial charge in [0.25, 0.3) is 0 Å². The van der Waals surface area contributed by atoms with Crippen LogP contribution in [0.25, 0.3) is 0 Å². The number of hydrogen-bond acceptors (Lipinski definition) is 5. The summed E-state index contributed by atoms with van der Waals surface area (Å²) >= 11 is 1.81. The maximum absolute atomic E-state index is 5.51.